The van der Waals surface area contributed by atoms with E-state index in [1.807, 2.05) is 0 Å². The average Bonchev–Trinajstić information content (AvgIpc) is 2.84. The Kier molecular flexibility index (Phi) is 5.39. The SMILES string of the molecule is CCCNc1nc(NCC2(C)CCCC2)c(Cl)cc1Cl. The Morgan fingerprint density at radius 1 is 1.15 bits per heavy atom. The topological polar surface area (TPSA) is 37.0 Å². The van der Waals surface area contributed by atoms with Gasteiger partial charge < -0.3 is 10.6 Å². The number of hydrogen-bond acceptors (Lipinski definition) is 3. The van der Waals surface area contributed by atoms with Gasteiger partial charge in [-0.2, -0.15) is 0 Å². The number of rotatable bonds is 6. The molecule has 20 heavy (non-hydrogen) atoms. The third kappa shape index (κ3) is 3.92. The summed E-state index contributed by atoms with van der Waals surface area (Å²) in [6.07, 6.45) is 6.21. The van der Waals surface area contributed by atoms with E-state index in [0.29, 0.717) is 21.3 Å². The minimum Gasteiger partial charge on any atom is -0.369 e. The lowest BCUT2D eigenvalue weighted by molar-refractivity contribution is 0.361. The lowest BCUT2D eigenvalue weighted by Gasteiger charge is -2.24. The van der Waals surface area contributed by atoms with Crippen molar-refractivity contribution >= 4 is 34.8 Å². The first kappa shape index (κ1) is 15.7. The summed E-state index contributed by atoms with van der Waals surface area (Å²) in [5.41, 5.74) is 0.363. The van der Waals surface area contributed by atoms with Crippen LogP contribution in [-0.4, -0.2) is 18.1 Å². The highest BCUT2D eigenvalue weighted by atomic mass is 35.5. The number of aromatic nitrogens is 1. The molecule has 0 atom stereocenters. The van der Waals surface area contributed by atoms with E-state index < -0.39 is 0 Å². The molecule has 0 radical (unpaired) electrons. The van der Waals surface area contributed by atoms with Gasteiger partial charge in [0.2, 0.25) is 0 Å². The van der Waals surface area contributed by atoms with Crippen LogP contribution in [0, 0.1) is 5.41 Å². The summed E-state index contributed by atoms with van der Waals surface area (Å²) in [6, 6.07) is 1.76. The predicted molar refractivity (Wildman–Crippen MR) is 88.1 cm³/mol. The van der Waals surface area contributed by atoms with Crippen molar-refractivity contribution in [2.45, 2.75) is 46.0 Å². The van der Waals surface area contributed by atoms with Gasteiger partial charge in [-0.25, -0.2) is 4.98 Å². The quantitative estimate of drug-likeness (QED) is 0.757. The van der Waals surface area contributed by atoms with Crippen LogP contribution in [0.1, 0.15) is 46.0 Å². The van der Waals surface area contributed by atoms with E-state index >= 15 is 0 Å². The molecule has 1 fully saturated rings. The second kappa shape index (κ2) is 6.86. The Morgan fingerprint density at radius 2 is 1.75 bits per heavy atom. The smallest absolute Gasteiger partial charge is 0.147 e. The summed E-state index contributed by atoms with van der Waals surface area (Å²) in [4.78, 5) is 4.52. The normalized spacial score (nSPS) is 17.2. The number of hydrogen-bond donors (Lipinski definition) is 2. The molecule has 0 saturated heterocycles. The number of nitrogens with zero attached hydrogens (tertiary/aromatic N) is 1. The first-order valence-electron chi connectivity index (χ1n) is 7.38. The standard InChI is InChI=1S/C15H23Cl2N3/c1-3-8-18-13-11(16)9-12(17)14(20-13)19-10-15(2)6-4-5-7-15/h9H,3-8,10H2,1-2H3,(H2,18,19,20). The highest BCUT2D eigenvalue weighted by Gasteiger charge is 2.28. The molecule has 0 aromatic carbocycles. The zero-order valence-corrected chi connectivity index (χ0v) is 13.7. The van der Waals surface area contributed by atoms with Gasteiger partial charge in [-0.05, 0) is 30.7 Å². The molecule has 1 aliphatic carbocycles. The van der Waals surface area contributed by atoms with E-state index in [0.717, 1.165) is 25.3 Å². The highest BCUT2D eigenvalue weighted by molar-refractivity contribution is 6.37. The molecule has 1 aromatic rings. The van der Waals surface area contributed by atoms with Crippen LogP contribution in [0.25, 0.3) is 0 Å². The minimum atomic E-state index is 0.363. The second-order valence-electron chi connectivity index (χ2n) is 5.95. The number of pyridine rings is 1. The van der Waals surface area contributed by atoms with E-state index in [4.69, 9.17) is 23.2 Å². The zero-order valence-electron chi connectivity index (χ0n) is 12.2. The molecule has 2 N–H and O–H groups in total. The Labute approximate surface area is 131 Å². The fraction of sp³-hybridized carbons (Fsp3) is 0.667. The molecule has 5 heteroatoms. The highest BCUT2D eigenvalue weighted by Crippen LogP contribution is 2.38. The summed E-state index contributed by atoms with van der Waals surface area (Å²) >= 11 is 12.4. The van der Waals surface area contributed by atoms with Gasteiger partial charge in [0, 0.05) is 13.1 Å². The fourth-order valence-corrected chi connectivity index (χ4v) is 3.15. The van der Waals surface area contributed by atoms with Crippen molar-refractivity contribution in [1.82, 2.24) is 4.98 Å². The third-order valence-electron chi connectivity index (χ3n) is 3.97. The van der Waals surface area contributed by atoms with Gasteiger partial charge in [0.25, 0.3) is 0 Å². The van der Waals surface area contributed by atoms with Gasteiger partial charge in [0.05, 0.1) is 10.0 Å². The van der Waals surface area contributed by atoms with Gasteiger partial charge in [0.15, 0.2) is 0 Å². The minimum absolute atomic E-state index is 0.363. The third-order valence-corrected chi connectivity index (χ3v) is 4.54. The van der Waals surface area contributed by atoms with Crippen LogP contribution in [0.3, 0.4) is 0 Å². The molecule has 1 saturated carbocycles. The predicted octanol–water partition coefficient (Wildman–Crippen LogP) is 5.20. The number of anilines is 2. The summed E-state index contributed by atoms with van der Waals surface area (Å²) in [5.74, 6) is 1.43. The van der Waals surface area contributed by atoms with Gasteiger partial charge >= 0.3 is 0 Å². The second-order valence-corrected chi connectivity index (χ2v) is 6.76. The van der Waals surface area contributed by atoms with Crippen LogP contribution in [0.5, 0.6) is 0 Å². The van der Waals surface area contributed by atoms with Crippen molar-refractivity contribution in [2.75, 3.05) is 23.7 Å². The molecule has 2 rings (SSSR count). The maximum absolute atomic E-state index is 6.23. The first-order chi connectivity index (χ1) is 9.54. The van der Waals surface area contributed by atoms with Crippen molar-refractivity contribution in [3.05, 3.63) is 16.1 Å². The molecule has 1 aromatic heterocycles. The van der Waals surface area contributed by atoms with Gasteiger partial charge in [0.1, 0.15) is 11.6 Å². The number of halogens is 2. The van der Waals surface area contributed by atoms with Crippen LogP contribution in [-0.2, 0) is 0 Å². The summed E-state index contributed by atoms with van der Waals surface area (Å²) in [5, 5.41) is 7.78. The molecule has 1 heterocycles. The van der Waals surface area contributed by atoms with Crippen molar-refractivity contribution in [1.29, 1.82) is 0 Å². The Balaban J connectivity index is 2.06. The molecule has 1 aliphatic rings. The molecular weight excluding hydrogens is 293 g/mol. The van der Waals surface area contributed by atoms with Crippen molar-refractivity contribution in [3.63, 3.8) is 0 Å². The molecular formula is C15H23Cl2N3. The lowest BCUT2D eigenvalue weighted by Crippen LogP contribution is -2.23. The van der Waals surface area contributed by atoms with E-state index in [2.05, 4.69) is 29.5 Å². The van der Waals surface area contributed by atoms with Gasteiger partial charge in [-0.15, -0.1) is 0 Å². The van der Waals surface area contributed by atoms with E-state index in [9.17, 15) is 0 Å². The summed E-state index contributed by atoms with van der Waals surface area (Å²) < 4.78 is 0. The van der Waals surface area contributed by atoms with Crippen molar-refractivity contribution in [3.8, 4) is 0 Å². The summed E-state index contributed by atoms with van der Waals surface area (Å²) in [6.45, 7) is 6.20. The molecule has 112 valence electrons. The molecule has 0 aliphatic heterocycles. The molecule has 0 amide bonds. The maximum Gasteiger partial charge on any atom is 0.147 e. The van der Waals surface area contributed by atoms with Crippen molar-refractivity contribution < 1.29 is 0 Å². The van der Waals surface area contributed by atoms with E-state index in [1.54, 1.807) is 6.07 Å². The molecule has 0 unspecified atom stereocenters. The fourth-order valence-electron chi connectivity index (χ4n) is 2.66. The summed E-state index contributed by atoms with van der Waals surface area (Å²) in [7, 11) is 0. The van der Waals surface area contributed by atoms with Gasteiger partial charge in [-0.1, -0.05) is 49.9 Å². The molecule has 0 bridgehead atoms. The zero-order chi connectivity index (χ0) is 14.6. The van der Waals surface area contributed by atoms with Crippen LogP contribution in [0.4, 0.5) is 11.6 Å². The largest absolute Gasteiger partial charge is 0.369 e. The Hall–Kier alpha value is -0.670. The van der Waals surface area contributed by atoms with E-state index in [1.165, 1.54) is 25.7 Å². The molecule has 0 spiro atoms. The lowest BCUT2D eigenvalue weighted by atomic mass is 9.89. The monoisotopic (exact) mass is 315 g/mol. The van der Waals surface area contributed by atoms with Crippen LogP contribution in [0.2, 0.25) is 10.0 Å². The maximum atomic E-state index is 6.23. The molecule has 3 nitrogen and oxygen atoms in total. The Morgan fingerprint density at radius 3 is 2.35 bits per heavy atom. The van der Waals surface area contributed by atoms with Gasteiger partial charge in [-0.3, -0.25) is 0 Å². The van der Waals surface area contributed by atoms with Crippen LogP contribution < -0.4 is 10.6 Å². The van der Waals surface area contributed by atoms with Crippen LogP contribution >= 0.6 is 23.2 Å². The van der Waals surface area contributed by atoms with Crippen LogP contribution in [0.15, 0.2) is 6.07 Å². The van der Waals surface area contributed by atoms with Crippen molar-refractivity contribution in [2.24, 2.45) is 5.41 Å². The number of nitrogens with one attached hydrogen (secondary N) is 2. The van der Waals surface area contributed by atoms with E-state index in [-0.39, 0.29) is 0 Å². The average molecular weight is 316 g/mol. The Bertz CT molecular complexity index is 457. The first-order valence-corrected chi connectivity index (χ1v) is 8.13.